The standard InChI is InChI=1S/C7H14FNO2S/c1-7(2,12-8)4-5(9)3-6(10)11/h5H,3-4,9H2,1-2H3,(H,10,11). The molecule has 0 spiro atoms. The van der Waals surface area contributed by atoms with E-state index in [1.807, 2.05) is 0 Å². The number of carboxylic acids is 1. The molecule has 5 heteroatoms. The quantitative estimate of drug-likeness (QED) is 0.699. The van der Waals surface area contributed by atoms with Crippen molar-refractivity contribution < 1.29 is 13.8 Å². The van der Waals surface area contributed by atoms with Crippen molar-refractivity contribution >= 4 is 18.1 Å². The van der Waals surface area contributed by atoms with E-state index in [-0.39, 0.29) is 18.6 Å². The molecule has 0 aliphatic heterocycles. The molecule has 0 fully saturated rings. The van der Waals surface area contributed by atoms with Crippen molar-refractivity contribution in [1.82, 2.24) is 0 Å². The van der Waals surface area contributed by atoms with E-state index in [1.165, 1.54) is 0 Å². The van der Waals surface area contributed by atoms with Gasteiger partial charge in [-0.2, -0.15) is 3.89 Å². The van der Waals surface area contributed by atoms with Gasteiger partial charge < -0.3 is 10.8 Å². The lowest BCUT2D eigenvalue weighted by molar-refractivity contribution is -0.137. The highest BCUT2D eigenvalue weighted by Gasteiger charge is 2.23. The number of hydrogen-bond acceptors (Lipinski definition) is 3. The van der Waals surface area contributed by atoms with Crippen LogP contribution in [0.15, 0.2) is 0 Å². The van der Waals surface area contributed by atoms with E-state index >= 15 is 0 Å². The molecule has 3 nitrogen and oxygen atoms in total. The van der Waals surface area contributed by atoms with Gasteiger partial charge in [0, 0.05) is 10.8 Å². The van der Waals surface area contributed by atoms with E-state index in [4.69, 9.17) is 10.8 Å². The first-order valence-corrected chi connectivity index (χ1v) is 4.36. The van der Waals surface area contributed by atoms with Crippen LogP contribution in [0.2, 0.25) is 0 Å². The normalized spacial score (nSPS) is 14.3. The summed E-state index contributed by atoms with van der Waals surface area (Å²) in [4.78, 5) is 10.2. The van der Waals surface area contributed by atoms with Gasteiger partial charge >= 0.3 is 5.97 Å². The first-order chi connectivity index (χ1) is 5.37. The van der Waals surface area contributed by atoms with Crippen LogP contribution in [-0.4, -0.2) is 21.9 Å². The van der Waals surface area contributed by atoms with Crippen LogP contribution in [0.5, 0.6) is 0 Å². The van der Waals surface area contributed by atoms with Crippen molar-refractivity contribution in [2.75, 3.05) is 0 Å². The Morgan fingerprint density at radius 3 is 2.58 bits per heavy atom. The van der Waals surface area contributed by atoms with Gasteiger partial charge in [-0.15, -0.1) is 0 Å². The first kappa shape index (κ1) is 11.7. The molecule has 0 radical (unpaired) electrons. The van der Waals surface area contributed by atoms with Gasteiger partial charge in [0.2, 0.25) is 0 Å². The lowest BCUT2D eigenvalue weighted by atomic mass is 10.0. The fourth-order valence-electron chi connectivity index (χ4n) is 0.959. The zero-order valence-corrected chi connectivity index (χ0v) is 8.03. The number of carboxylic acid groups (broad SMARTS) is 1. The Labute approximate surface area is 75.8 Å². The number of aliphatic carboxylic acids is 1. The van der Waals surface area contributed by atoms with Gasteiger partial charge in [0.05, 0.1) is 18.6 Å². The molecule has 0 aromatic carbocycles. The summed E-state index contributed by atoms with van der Waals surface area (Å²) in [6.45, 7) is 3.39. The van der Waals surface area contributed by atoms with Crippen LogP contribution in [-0.2, 0) is 4.79 Å². The summed E-state index contributed by atoms with van der Waals surface area (Å²) in [7, 11) is 0. The number of halogens is 1. The maximum atomic E-state index is 12.2. The Balaban J connectivity index is 3.83. The maximum Gasteiger partial charge on any atom is 0.304 e. The van der Waals surface area contributed by atoms with Crippen LogP contribution >= 0.6 is 12.1 Å². The van der Waals surface area contributed by atoms with Crippen LogP contribution in [0, 0.1) is 0 Å². The molecule has 0 saturated heterocycles. The number of hydrogen-bond donors (Lipinski definition) is 2. The SMILES string of the molecule is CC(C)(CC(N)CC(=O)O)SF. The third kappa shape index (κ3) is 5.37. The summed E-state index contributed by atoms with van der Waals surface area (Å²) in [5, 5.41) is 8.37. The molecule has 0 rings (SSSR count). The molecular formula is C7H14FNO2S. The molecule has 0 aliphatic carbocycles. The van der Waals surface area contributed by atoms with E-state index in [1.54, 1.807) is 13.8 Å². The second kappa shape index (κ2) is 4.67. The van der Waals surface area contributed by atoms with Crippen molar-refractivity contribution in [1.29, 1.82) is 0 Å². The third-order valence-electron chi connectivity index (χ3n) is 1.40. The van der Waals surface area contributed by atoms with Gasteiger partial charge in [-0.25, -0.2) is 0 Å². The van der Waals surface area contributed by atoms with E-state index in [0.717, 1.165) is 0 Å². The highest BCUT2D eigenvalue weighted by molar-refractivity contribution is 7.95. The van der Waals surface area contributed by atoms with Gasteiger partial charge in [-0.1, -0.05) is 0 Å². The topological polar surface area (TPSA) is 63.3 Å². The molecule has 72 valence electrons. The Kier molecular flexibility index (Phi) is 4.55. The summed E-state index contributed by atoms with van der Waals surface area (Å²) in [6.07, 6.45) is 0.254. The Morgan fingerprint density at radius 1 is 1.75 bits per heavy atom. The van der Waals surface area contributed by atoms with Crippen LogP contribution in [0.4, 0.5) is 3.89 Å². The molecule has 3 N–H and O–H groups in total. The van der Waals surface area contributed by atoms with Gasteiger partial charge in [-0.3, -0.25) is 4.79 Å². The van der Waals surface area contributed by atoms with Crippen molar-refractivity contribution in [2.24, 2.45) is 5.73 Å². The van der Waals surface area contributed by atoms with Crippen LogP contribution in [0.25, 0.3) is 0 Å². The van der Waals surface area contributed by atoms with E-state index in [0.29, 0.717) is 6.42 Å². The monoisotopic (exact) mass is 195 g/mol. The molecule has 1 atom stereocenters. The highest BCUT2D eigenvalue weighted by atomic mass is 32.2. The first-order valence-electron chi connectivity index (χ1n) is 3.64. The number of carbonyl (C=O) groups is 1. The summed E-state index contributed by atoms with van der Waals surface area (Å²) in [5.74, 6) is -0.942. The van der Waals surface area contributed by atoms with Gasteiger partial charge in [0.25, 0.3) is 0 Å². The minimum absolute atomic E-state index is 0.107. The average Bonchev–Trinajstić information content (AvgIpc) is 1.84. The minimum atomic E-state index is -0.942. The fourth-order valence-corrected chi connectivity index (χ4v) is 1.24. The molecule has 0 amide bonds. The van der Waals surface area contributed by atoms with Crippen LogP contribution in [0.1, 0.15) is 26.7 Å². The van der Waals surface area contributed by atoms with Crippen molar-refractivity contribution in [3.05, 3.63) is 0 Å². The molecule has 0 aromatic rings. The molecule has 0 saturated carbocycles. The van der Waals surface area contributed by atoms with Crippen molar-refractivity contribution in [2.45, 2.75) is 37.5 Å². The van der Waals surface area contributed by atoms with Gasteiger partial charge in [-0.05, 0) is 20.3 Å². The molecule has 1 unspecified atom stereocenters. The molecule has 0 aromatic heterocycles. The van der Waals surface area contributed by atoms with Crippen LogP contribution < -0.4 is 5.73 Å². The van der Waals surface area contributed by atoms with Crippen molar-refractivity contribution in [3.8, 4) is 0 Å². The predicted molar refractivity (Wildman–Crippen MR) is 47.6 cm³/mol. The summed E-state index contributed by atoms with van der Waals surface area (Å²) in [5.41, 5.74) is 5.48. The Morgan fingerprint density at radius 2 is 2.25 bits per heavy atom. The minimum Gasteiger partial charge on any atom is -0.481 e. The zero-order valence-electron chi connectivity index (χ0n) is 7.21. The Bertz CT molecular complexity index is 163. The van der Waals surface area contributed by atoms with Gasteiger partial charge in [0.1, 0.15) is 0 Å². The molecule has 12 heavy (non-hydrogen) atoms. The van der Waals surface area contributed by atoms with Gasteiger partial charge in [0.15, 0.2) is 0 Å². The second-order valence-corrected chi connectivity index (χ2v) is 4.66. The largest absolute Gasteiger partial charge is 0.481 e. The smallest absolute Gasteiger partial charge is 0.304 e. The van der Waals surface area contributed by atoms with Crippen LogP contribution in [0.3, 0.4) is 0 Å². The molecule has 0 bridgehead atoms. The molecule has 0 heterocycles. The highest BCUT2D eigenvalue weighted by Crippen LogP contribution is 2.29. The predicted octanol–water partition coefficient (Wildman–Crippen LogP) is 1.57. The Hall–Kier alpha value is -0.290. The fraction of sp³-hybridized carbons (Fsp3) is 0.857. The summed E-state index contributed by atoms with van der Waals surface area (Å²) >= 11 is 0.210. The molecule has 0 aliphatic rings. The third-order valence-corrected chi connectivity index (χ3v) is 1.98. The number of rotatable bonds is 5. The summed E-state index contributed by atoms with van der Waals surface area (Å²) in [6, 6.07) is -0.472. The zero-order chi connectivity index (χ0) is 9.78. The lowest BCUT2D eigenvalue weighted by Gasteiger charge is -2.21. The van der Waals surface area contributed by atoms with Crippen molar-refractivity contribution in [3.63, 3.8) is 0 Å². The summed E-state index contributed by atoms with van der Waals surface area (Å²) < 4.78 is 11.6. The van der Waals surface area contributed by atoms with E-state index in [2.05, 4.69) is 0 Å². The van der Waals surface area contributed by atoms with E-state index < -0.39 is 16.8 Å². The average molecular weight is 195 g/mol. The molecular weight excluding hydrogens is 181 g/mol. The maximum absolute atomic E-state index is 12.2. The number of nitrogens with two attached hydrogens (primary N) is 1. The van der Waals surface area contributed by atoms with E-state index in [9.17, 15) is 8.68 Å². The lowest BCUT2D eigenvalue weighted by Crippen LogP contribution is -2.31. The second-order valence-electron chi connectivity index (χ2n) is 3.40.